The SMILES string of the molecule is N[C@@H]1CC[C@@H]1NC(=O)Cn1cc(C(F)(F)F)cc(Cl)c1=O. The summed E-state index contributed by atoms with van der Waals surface area (Å²) < 4.78 is 38.6. The summed E-state index contributed by atoms with van der Waals surface area (Å²) in [7, 11) is 0. The van der Waals surface area contributed by atoms with E-state index in [0.29, 0.717) is 23.3 Å². The van der Waals surface area contributed by atoms with Crippen LogP contribution >= 0.6 is 11.6 Å². The summed E-state index contributed by atoms with van der Waals surface area (Å²) in [5.74, 6) is -0.576. The second-order valence-corrected chi connectivity index (χ2v) is 5.33. The molecule has 0 spiro atoms. The Labute approximate surface area is 122 Å². The third-order valence-electron chi connectivity index (χ3n) is 3.36. The lowest BCUT2D eigenvalue weighted by Crippen LogP contribution is -2.55. The summed E-state index contributed by atoms with van der Waals surface area (Å²) in [4.78, 5) is 23.4. The van der Waals surface area contributed by atoms with E-state index in [1.165, 1.54) is 0 Å². The first-order valence-electron chi connectivity index (χ1n) is 6.20. The van der Waals surface area contributed by atoms with Gasteiger partial charge in [0.25, 0.3) is 5.56 Å². The van der Waals surface area contributed by atoms with Crippen LogP contribution in [0.3, 0.4) is 0 Å². The third kappa shape index (κ3) is 3.56. The summed E-state index contributed by atoms with van der Waals surface area (Å²) in [5, 5.41) is 1.99. The van der Waals surface area contributed by atoms with Crippen LogP contribution in [0, 0.1) is 0 Å². The zero-order valence-electron chi connectivity index (χ0n) is 10.8. The molecule has 1 aliphatic carbocycles. The van der Waals surface area contributed by atoms with Crippen molar-refractivity contribution < 1.29 is 18.0 Å². The molecule has 21 heavy (non-hydrogen) atoms. The monoisotopic (exact) mass is 323 g/mol. The van der Waals surface area contributed by atoms with E-state index in [1.54, 1.807) is 0 Å². The van der Waals surface area contributed by atoms with E-state index in [-0.39, 0.29) is 12.1 Å². The highest BCUT2D eigenvalue weighted by Gasteiger charge is 2.32. The molecule has 0 bridgehead atoms. The molecule has 9 heteroatoms. The van der Waals surface area contributed by atoms with E-state index in [0.717, 1.165) is 6.42 Å². The maximum atomic E-state index is 12.7. The van der Waals surface area contributed by atoms with Crippen LogP contribution in [0.5, 0.6) is 0 Å². The molecule has 1 amide bonds. The van der Waals surface area contributed by atoms with Crippen LogP contribution in [0.25, 0.3) is 0 Å². The van der Waals surface area contributed by atoms with Crippen LogP contribution in [0.15, 0.2) is 17.1 Å². The van der Waals surface area contributed by atoms with Gasteiger partial charge in [0.1, 0.15) is 11.6 Å². The summed E-state index contributed by atoms with van der Waals surface area (Å²) in [5.41, 5.74) is 3.71. The third-order valence-corrected chi connectivity index (χ3v) is 3.63. The predicted molar refractivity (Wildman–Crippen MR) is 69.9 cm³/mol. The van der Waals surface area contributed by atoms with E-state index < -0.39 is 34.8 Å². The average Bonchev–Trinajstić information content (AvgIpc) is 2.38. The fourth-order valence-electron chi connectivity index (χ4n) is 1.98. The molecule has 0 aliphatic heterocycles. The van der Waals surface area contributed by atoms with Crippen LogP contribution in [0.2, 0.25) is 5.02 Å². The highest BCUT2D eigenvalue weighted by atomic mass is 35.5. The Balaban J connectivity index is 2.17. The minimum Gasteiger partial charge on any atom is -0.350 e. The summed E-state index contributed by atoms with van der Waals surface area (Å²) in [6, 6.07) is 0.186. The first-order chi connectivity index (χ1) is 9.68. The van der Waals surface area contributed by atoms with Gasteiger partial charge in [-0.3, -0.25) is 9.59 Å². The molecule has 5 nitrogen and oxygen atoms in total. The molecule has 1 aromatic rings. The molecule has 0 saturated heterocycles. The molecule has 1 aromatic heterocycles. The average molecular weight is 324 g/mol. The Hall–Kier alpha value is -1.54. The van der Waals surface area contributed by atoms with Crippen molar-refractivity contribution in [2.24, 2.45) is 5.73 Å². The number of halogens is 4. The minimum absolute atomic E-state index is 0.157. The molecule has 1 fully saturated rings. The van der Waals surface area contributed by atoms with Gasteiger partial charge >= 0.3 is 6.18 Å². The van der Waals surface area contributed by atoms with Crippen molar-refractivity contribution in [3.05, 3.63) is 33.2 Å². The lowest BCUT2D eigenvalue weighted by molar-refractivity contribution is -0.138. The predicted octanol–water partition coefficient (Wildman–Crippen LogP) is 1.13. The van der Waals surface area contributed by atoms with Gasteiger partial charge in [-0.25, -0.2) is 0 Å². The lowest BCUT2D eigenvalue weighted by Gasteiger charge is -2.34. The van der Waals surface area contributed by atoms with Crippen molar-refractivity contribution in [3.8, 4) is 0 Å². The van der Waals surface area contributed by atoms with E-state index in [9.17, 15) is 22.8 Å². The molecule has 1 saturated carbocycles. The Morgan fingerprint density at radius 1 is 1.48 bits per heavy atom. The largest absolute Gasteiger partial charge is 0.417 e. The minimum atomic E-state index is -4.65. The van der Waals surface area contributed by atoms with Crippen LogP contribution in [-0.4, -0.2) is 22.6 Å². The molecule has 0 unspecified atom stereocenters. The van der Waals surface area contributed by atoms with Gasteiger partial charge in [0.05, 0.1) is 5.56 Å². The van der Waals surface area contributed by atoms with Crippen molar-refractivity contribution in [3.63, 3.8) is 0 Å². The van der Waals surface area contributed by atoms with Gasteiger partial charge in [-0.05, 0) is 18.9 Å². The summed E-state index contributed by atoms with van der Waals surface area (Å²) >= 11 is 5.49. The second kappa shape index (κ2) is 5.69. The number of nitrogens with zero attached hydrogens (tertiary/aromatic N) is 1. The van der Waals surface area contributed by atoms with Gasteiger partial charge in [0.2, 0.25) is 5.91 Å². The van der Waals surface area contributed by atoms with Gasteiger partial charge < -0.3 is 15.6 Å². The number of pyridine rings is 1. The Kier molecular flexibility index (Phi) is 4.29. The van der Waals surface area contributed by atoms with Crippen LogP contribution in [-0.2, 0) is 17.5 Å². The number of hydrogen-bond donors (Lipinski definition) is 2. The van der Waals surface area contributed by atoms with Gasteiger partial charge in [0, 0.05) is 18.3 Å². The lowest BCUT2D eigenvalue weighted by atomic mass is 9.87. The molecule has 3 N–H and O–H groups in total. The second-order valence-electron chi connectivity index (χ2n) is 4.92. The van der Waals surface area contributed by atoms with Crippen molar-refractivity contribution in [2.75, 3.05) is 0 Å². The Bertz CT molecular complexity index is 615. The molecule has 116 valence electrons. The van der Waals surface area contributed by atoms with Gasteiger partial charge in [-0.15, -0.1) is 0 Å². The van der Waals surface area contributed by atoms with Gasteiger partial charge in [-0.2, -0.15) is 13.2 Å². The number of alkyl halides is 3. The molecule has 0 aromatic carbocycles. The van der Waals surface area contributed by atoms with E-state index in [4.69, 9.17) is 17.3 Å². The van der Waals surface area contributed by atoms with Crippen LogP contribution in [0.4, 0.5) is 13.2 Å². The standard InChI is InChI=1S/C12H13ClF3N3O2/c13-7-3-6(12(14,15)16)4-19(11(7)21)5-10(20)18-9-2-1-8(9)17/h3-4,8-9H,1-2,5,17H2,(H,18,20)/t8-,9+/m1/s1. The maximum Gasteiger partial charge on any atom is 0.417 e. The zero-order valence-corrected chi connectivity index (χ0v) is 11.5. The Morgan fingerprint density at radius 3 is 2.62 bits per heavy atom. The first kappa shape index (κ1) is 15.8. The highest BCUT2D eigenvalue weighted by Crippen LogP contribution is 2.29. The van der Waals surface area contributed by atoms with Crippen molar-refractivity contribution >= 4 is 17.5 Å². The molecule has 2 rings (SSSR count). The molecule has 2 atom stereocenters. The molecule has 1 heterocycles. The van der Waals surface area contributed by atoms with Crippen molar-refractivity contribution in [1.82, 2.24) is 9.88 Å². The van der Waals surface area contributed by atoms with Gasteiger partial charge in [-0.1, -0.05) is 11.6 Å². The van der Waals surface area contributed by atoms with Crippen molar-refractivity contribution in [1.29, 1.82) is 0 Å². The van der Waals surface area contributed by atoms with E-state index in [1.807, 2.05) is 0 Å². The number of nitrogens with two attached hydrogens (primary N) is 1. The topological polar surface area (TPSA) is 77.1 Å². The van der Waals surface area contributed by atoms with Crippen molar-refractivity contribution in [2.45, 2.75) is 37.6 Å². The fraction of sp³-hybridized carbons (Fsp3) is 0.500. The van der Waals surface area contributed by atoms with E-state index in [2.05, 4.69) is 5.32 Å². The first-order valence-corrected chi connectivity index (χ1v) is 6.58. The quantitative estimate of drug-likeness (QED) is 0.875. The number of nitrogens with one attached hydrogen (secondary N) is 1. The maximum absolute atomic E-state index is 12.7. The van der Waals surface area contributed by atoms with Crippen LogP contribution < -0.4 is 16.6 Å². The highest BCUT2D eigenvalue weighted by molar-refractivity contribution is 6.30. The number of hydrogen-bond acceptors (Lipinski definition) is 3. The van der Waals surface area contributed by atoms with E-state index >= 15 is 0 Å². The molecular formula is C12H13ClF3N3O2. The number of carbonyl (C=O) groups excluding carboxylic acids is 1. The molecular weight excluding hydrogens is 311 g/mol. The van der Waals surface area contributed by atoms with Crippen LogP contribution in [0.1, 0.15) is 18.4 Å². The number of amides is 1. The smallest absolute Gasteiger partial charge is 0.350 e. The Morgan fingerprint density at radius 2 is 2.14 bits per heavy atom. The molecule has 1 aliphatic rings. The summed E-state index contributed by atoms with van der Waals surface area (Å²) in [6.45, 7) is -0.536. The molecule has 0 radical (unpaired) electrons. The van der Waals surface area contributed by atoms with Gasteiger partial charge in [0.15, 0.2) is 0 Å². The summed E-state index contributed by atoms with van der Waals surface area (Å²) in [6.07, 6.45) is -2.58. The number of aromatic nitrogens is 1. The number of rotatable bonds is 3. The fourth-order valence-corrected chi connectivity index (χ4v) is 2.21. The normalized spacial score (nSPS) is 21.8. The zero-order chi connectivity index (χ0) is 15.8. The number of carbonyl (C=O) groups is 1.